The Kier molecular flexibility index (Phi) is 3.83. The minimum atomic E-state index is -4.80. The van der Waals surface area contributed by atoms with E-state index in [4.69, 9.17) is 5.73 Å². The molecule has 0 saturated carbocycles. The molecule has 4 aromatic carbocycles. The first kappa shape index (κ1) is 18.2. The molecule has 0 unspecified atom stereocenters. The van der Waals surface area contributed by atoms with Gasteiger partial charge in [-0.25, -0.2) is 0 Å². The van der Waals surface area contributed by atoms with Gasteiger partial charge in [-0.15, -0.1) is 0 Å². The normalized spacial score (nSPS) is 13.1. The van der Waals surface area contributed by atoms with Crippen molar-refractivity contribution < 1.29 is 30.5 Å². The van der Waals surface area contributed by atoms with Crippen LogP contribution >= 0.6 is 12.0 Å². The fourth-order valence-corrected chi connectivity index (χ4v) is 5.38. The lowest BCUT2D eigenvalue weighted by molar-refractivity contribution is 0.482. The van der Waals surface area contributed by atoms with Crippen molar-refractivity contribution in [1.82, 2.24) is 0 Å². The maximum atomic E-state index is 11.9. The van der Waals surface area contributed by atoms with Crippen LogP contribution in [0.25, 0.3) is 32.3 Å². The molecule has 4 aromatic rings. The SMILES string of the molecule is Nc1cc(SO)c2ccc3c(S(=O)(=O)O)cc(S(=O)(=O)O)c4ccc1c2c43. The number of nitrogen functional groups attached to an aromatic ring is 1. The third-order valence-corrected chi connectivity index (χ3v) is 6.79. The monoisotopic (exact) mass is 425 g/mol. The fourth-order valence-electron chi connectivity index (χ4n) is 3.43. The zero-order chi connectivity index (χ0) is 19.7. The average molecular weight is 425 g/mol. The second-order valence-corrected chi connectivity index (χ2v) is 9.35. The standard InChI is InChI=1S/C16H11NO7S3/c17-11-5-12(25-18)8-2-4-10-14(27(22,23)24)6-13(26(19,20)21)9-3-1-7(11)15(8)16(9)10/h1-6,18H,17H2,(H,19,20,21)(H,22,23,24). The van der Waals surface area contributed by atoms with Crippen molar-refractivity contribution in [2.45, 2.75) is 14.7 Å². The van der Waals surface area contributed by atoms with E-state index in [1.807, 2.05) is 0 Å². The van der Waals surface area contributed by atoms with Crippen LogP contribution in [0.4, 0.5) is 5.69 Å². The molecule has 0 aliphatic heterocycles. The van der Waals surface area contributed by atoms with Gasteiger partial charge in [-0.1, -0.05) is 24.3 Å². The van der Waals surface area contributed by atoms with Crippen LogP contribution < -0.4 is 5.73 Å². The fraction of sp³-hybridized carbons (Fsp3) is 0. The van der Waals surface area contributed by atoms with Crippen LogP contribution in [0.5, 0.6) is 0 Å². The molecular weight excluding hydrogens is 414 g/mol. The molecule has 140 valence electrons. The van der Waals surface area contributed by atoms with E-state index in [1.54, 1.807) is 18.2 Å². The van der Waals surface area contributed by atoms with E-state index in [-0.39, 0.29) is 16.2 Å². The third kappa shape index (κ3) is 2.63. The summed E-state index contributed by atoms with van der Waals surface area (Å²) in [4.78, 5) is -0.921. The number of hydrogen-bond donors (Lipinski definition) is 4. The van der Waals surface area contributed by atoms with Crippen molar-refractivity contribution >= 4 is 70.3 Å². The van der Waals surface area contributed by atoms with Gasteiger partial charge in [0.05, 0.1) is 0 Å². The Morgan fingerprint density at radius 2 is 1.19 bits per heavy atom. The van der Waals surface area contributed by atoms with Gasteiger partial charge in [0, 0.05) is 49.6 Å². The molecule has 27 heavy (non-hydrogen) atoms. The van der Waals surface area contributed by atoms with E-state index < -0.39 is 30.0 Å². The number of rotatable bonds is 3. The quantitative estimate of drug-likeness (QED) is 0.167. The molecule has 11 heteroatoms. The Hall–Kier alpha value is -2.15. The van der Waals surface area contributed by atoms with Gasteiger partial charge in [0.15, 0.2) is 0 Å². The van der Waals surface area contributed by atoms with Gasteiger partial charge in [-0.05, 0) is 17.5 Å². The van der Waals surface area contributed by atoms with Crippen LogP contribution in [0, 0.1) is 0 Å². The molecule has 0 fully saturated rings. The molecular formula is C16H11NO7S3. The maximum absolute atomic E-state index is 11.9. The Morgan fingerprint density at radius 3 is 1.67 bits per heavy atom. The van der Waals surface area contributed by atoms with E-state index in [2.05, 4.69) is 0 Å². The van der Waals surface area contributed by atoms with E-state index in [9.17, 15) is 30.5 Å². The molecule has 4 rings (SSSR count). The molecule has 0 aliphatic rings. The van der Waals surface area contributed by atoms with Gasteiger partial charge in [0.1, 0.15) is 9.79 Å². The first-order valence-corrected chi connectivity index (χ1v) is 11.0. The molecule has 0 radical (unpaired) electrons. The highest BCUT2D eigenvalue weighted by Gasteiger charge is 2.26. The Labute approximate surface area is 157 Å². The van der Waals surface area contributed by atoms with Crippen LogP contribution in [0.2, 0.25) is 0 Å². The topological polar surface area (TPSA) is 155 Å². The molecule has 0 amide bonds. The zero-order valence-corrected chi connectivity index (χ0v) is 15.7. The lowest BCUT2D eigenvalue weighted by Gasteiger charge is -2.17. The molecule has 0 aliphatic carbocycles. The Bertz CT molecular complexity index is 1410. The van der Waals surface area contributed by atoms with Gasteiger partial charge in [-0.3, -0.25) is 9.11 Å². The van der Waals surface area contributed by atoms with Crippen molar-refractivity contribution in [1.29, 1.82) is 0 Å². The van der Waals surface area contributed by atoms with E-state index in [0.717, 1.165) is 6.07 Å². The molecule has 5 N–H and O–H groups in total. The van der Waals surface area contributed by atoms with E-state index in [0.29, 0.717) is 38.8 Å². The van der Waals surface area contributed by atoms with E-state index in [1.165, 1.54) is 12.1 Å². The van der Waals surface area contributed by atoms with Gasteiger partial charge in [-0.2, -0.15) is 16.8 Å². The summed E-state index contributed by atoms with van der Waals surface area (Å²) in [5, 5.41) is 1.76. The van der Waals surface area contributed by atoms with Crippen LogP contribution in [0.15, 0.2) is 51.1 Å². The van der Waals surface area contributed by atoms with Crippen molar-refractivity contribution in [3.05, 3.63) is 36.4 Å². The molecule has 0 atom stereocenters. The van der Waals surface area contributed by atoms with Crippen molar-refractivity contribution in [2.75, 3.05) is 5.73 Å². The van der Waals surface area contributed by atoms with Crippen LogP contribution in [-0.4, -0.2) is 30.5 Å². The number of hydrogen-bond acceptors (Lipinski definition) is 7. The van der Waals surface area contributed by atoms with Gasteiger partial charge in [0.2, 0.25) is 0 Å². The Morgan fingerprint density at radius 1 is 0.741 bits per heavy atom. The van der Waals surface area contributed by atoms with Crippen LogP contribution in [0.3, 0.4) is 0 Å². The van der Waals surface area contributed by atoms with E-state index >= 15 is 0 Å². The van der Waals surface area contributed by atoms with Crippen LogP contribution in [-0.2, 0) is 20.2 Å². The van der Waals surface area contributed by atoms with Crippen molar-refractivity contribution in [3.8, 4) is 0 Å². The largest absolute Gasteiger partial charge is 0.398 e. The zero-order valence-electron chi connectivity index (χ0n) is 13.2. The lowest BCUT2D eigenvalue weighted by atomic mass is 9.93. The summed E-state index contributed by atoms with van der Waals surface area (Å²) in [6.07, 6.45) is 0. The summed E-state index contributed by atoms with van der Waals surface area (Å²) in [5.41, 5.74) is 6.32. The second-order valence-electron chi connectivity index (χ2n) is 5.95. The minimum absolute atomic E-state index is 0.0671. The summed E-state index contributed by atoms with van der Waals surface area (Å²) in [6, 6.07) is 8.16. The number of nitrogens with two attached hydrogens (primary N) is 1. The lowest BCUT2D eigenvalue weighted by Crippen LogP contribution is -2.06. The maximum Gasteiger partial charge on any atom is 0.295 e. The molecule has 0 bridgehead atoms. The summed E-state index contributed by atoms with van der Waals surface area (Å²) >= 11 is 0.440. The third-order valence-electron chi connectivity index (χ3n) is 4.47. The Balaban J connectivity index is 2.44. The van der Waals surface area contributed by atoms with Gasteiger partial charge >= 0.3 is 0 Å². The smallest absolute Gasteiger partial charge is 0.295 e. The van der Waals surface area contributed by atoms with Crippen LogP contribution in [0.1, 0.15) is 0 Å². The van der Waals surface area contributed by atoms with Crippen molar-refractivity contribution in [2.24, 2.45) is 0 Å². The van der Waals surface area contributed by atoms with Gasteiger partial charge < -0.3 is 10.3 Å². The minimum Gasteiger partial charge on any atom is -0.398 e. The number of anilines is 1. The molecule has 0 saturated heterocycles. The predicted octanol–water partition coefficient (Wildman–Crippen LogP) is 3.22. The first-order valence-electron chi connectivity index (χ1n) is 7.34. The van der Waals surface area contributed by atoms with Gasteiger partial charge in [0.25, 0.3) is 20.2 Å². The molecule has 0 spiro atoms. The summed E-state index contributed by atoms with van der Waals surface area (Å²) < 4.78 is 76.2. The van der Waals surface area contributed by atoms with Crippen molar-refractivity contribution in [3.63, 3.8) is 0 Å². The average Bonchev–Trinajstić information content (AvgIpc) is 2.58. The second kappa shape index (κ2) is 5.67. The summed E-state index contributed by atoms with van der Waals surface area (Å²) in [5.74, 6) is 0. The molecule has 8 nitrogen and oxygen atoms in total. The number of benzene rings is 4. The molecule has 0 aromatic heterocycles. The highest BCUT2D eigenvalue weighted by molar-refractivity contribution is 7.94. The summed E-state index contributed by atoms with van der Waals surface area (Å²) in [7, 11) is -9.60. The predicted molar refractivity (Wildman–Crippen MR) is 103 cm³/mol. The summed E-state index contributed by atoms with van der Waals surface area (Å²) in [6.45, 7) is 0. The highest BCUT2D eigenvalue weighted by atomic mass is 32.2. The molecule has 0 heterocycles. The first-order chi connectivity index (χ1) is 12.5. The highest BCUT2D eigenvalue weighted by Crippen LogP contribution is 2.44.